The third-order valence-corrected chi connectivity index (χ3v) is 4.14. The lowest BCUT2D eigenvalue weighted by Gasteiger charge is -2.22. The fourth-order valence-corrected chi connectivity index (χ4v) is 2.63. The summed E-state index contributed by atoms with van der Waals surface area (Å²) in [5.41, 5.74) is 6.42. The van der Waals surface area contributed by atoms with Crippen molar-refractivity contribution >= 4 is 29.3 Å². The predicted octanol–water partition coefficient (Wildman–Crippen LogP) is 2.86. The molecule has 0 aliphatic rings. The van der Waals surface area contributed by atoms with Crippen molar-refractivity contribution in [3.63, 3.8) is 0 Å². The molecule has 0 fully saturated rings. The van der Waals surface area contributed by atoms with Crippen molar-refractivity contribution in [2.24, 2.45) is 5.92 Å². The van der Waals surface area contributed by atoms with Crippen molar-refractivity contribution in [3.8, 4) is 0 Å². The van der Waals surface area contributed by atoms with E-state index in [1.54, 1.807) is 50.2 Å². The molecule has 0 saturated heterocycles. The number of hydrazine groups is 1. The van der Waals surface area contributed by atoms with E-state index in [0.717, 1.165) is 5.56 Å². The van der Waals surface area contributed by atoms with Gasteiger partial charge in [0.25, 0.3) is 17.7 Å². The van der Waals surface area contributed by atoms with Crippen LogP contribution >= 0.6 is 11.6 Å². The van der Waals surface area contributed by atoms with Gasteiger partial charge in [-0.05, 0) is 43.2 Å². The zero-order chi connectivity index (χ0) is 20.0. The van der Waals surface area contributed by atoms with Crippen LogP contribution in [0.3, 0.4) is 0 Å². The highest BCUT2D eigenvalue weighted by Gasteiger charge is 2.25. The van der Waals surface area contributed by atoms with Crippen molar-refractivity contribution in [2.45, 2.75) is 26.8 Å². The second kappa shape index (κ2) is 9.19. The minimum atomic E-state index is -0.808. The molecule has 1 atom stereocenters. The van der Waals surface area contributed by atoms with Crippen LogP contribution in [0.2, 0.25) is 5.02 Å². The molecule has 0 heterocycles. The molecule has 0 spiro atoms. The Hall–Kier alpha value is -2.86. The lowest BCUT2D eigenvalue weighted by Crippen LogP contribution is -2.54. The fraction of sp³-hybridized carbons (Fsp3) is 0.250. The minimum Gasteiger partial charge on any atom is -0.340 e. The lowest BCUT2D eigenvalue weighted by molar-refractivity contribution is -0.124. The zero-order valence-electron chi connectivity index (χ0n) is 15.4. The molecular formula is C20H22ClN3O3. The van der Waals surface area contributed by atoms with Crippen molar-refractivity contribution < 1.29 is 14.4 Å². The van der Waals surface area contributed by atoms with Crippen molar-refractivity contribution in [3.05, 3.63) is 70.2 Å². The molecule has 7 heteroatoms. The third kappa shape index (κ3) is 5.82. The van der Waals surface area contributed by atoms with E-state index in [0.29, 0.717) is 16.1 Å². The number of halogens is 1. The maximum absolute atomic E-state index is 12.5. The minimum absolute atomic E-state index is 0.179. The van der Waals surface area contributed by atoms with Gasteiger partial charge in [0.15, 0.2) is 0 Å². The lowest BCUT2D eigenvalue weighted by atomic mass is 10.0. The first-order valence-electron chi connectivity index (χ1n) is 8.51. The molecule has 0 bridgehead atoms. The van der Waals surface area contributed by atoms with Crippen LogP contribution in [0.1, 0.15) is 40.1 Å². The van der Waals surface area contributed by atoms with Crippen molar-refractivity contribution in [2.75, 3.05) is 0 Å². The average molecular weight is 388 g/mol. The second-order valence-electron chi connectivity index (χ2n) is 6.52. The Bertz CT molecular complexity index is 852. The molecular weight excluding hydrogens is 366 g/mol. The van der Waals surface area contributed by atoms with Crippen LogP contribution in [0.25, 0.3) is 0 Å². The molecule has 3 N–H and O–H groups in total. The van der Waals surface area contributed by atoms with E-state index < -0.39 is 17.9 Å². The summed E-state index contributed by atoms with van der Waals surface area (Å²) >= 11 is 5.86. The summed E-state index contributed by atoms with van der Waals surface area (Å²) in [7, 11) is 0. The quantitative estimate of drug-likeness (QED) is 0.689. The van der Waals surface area contributed by atoms with E-state index in [1.807, 2.05) is 13.0 Å². The van der Waals surface area contributed by atoms with Gasteiger partial charge in [0.05, 0.1) is 0 Å². The van der Waals surface area contributed by atoms with Gasteiger partial charge in [-0.15, -0.1) is 0 Å². The standard InChI is InChI=1S/C20H22ClN3O3/c1-12(2)17(22-18(25)14-7-4-6-13(3)10-14)20(27)24-23-19(26)15-8-5-9-16(21)11-15/h4-12,17H,1-3H3,(H,22,25)(H,23,26)(H,24,27)/t17-/m1/s1. The maximum atomic E-state index is 12.5. The molecule has 0 aliphatic heterocycles. The first-order chi connectivity index (χ1) is 12.8. The highest BCUT2D eigenvalue weighted by atomic mass is 35.5. The monoisotopic (exact) mass is 387 g/mol. The van der Waals surface area contributed by atoms with E-state index in [1.165, 1.54) is 6.07 Å². The largest absolute Gasteiger partial charge is 0.340 e. The summed E-state index contributed by atoms with van der Waals surface area (Å²) < 4.78 is 0. The Balaban J connectivity index is 2.00. The summed E-state index contributed by atoms with van der Waals surface area (Å²) in [4.78, 5) is 37.0. The Morgan fingerprint density at radius 2 is 1.52 bits per heavy atom. The third-order valence-electron chi connectivity index (χ3n) is 3.90. The molecule has 0 saturated carbocycles. The average Bonchev–Trinajstić information content (AvgIpc) is 2.63. The van der Waals surface area contributed by atoms with Gasteiger partial charge >= 0.3 is 0 Å². The summed E-state index contributed by atoms with van der Waals surface area (Å²) in [6, 6.07) is 12.6. The molecule has 142 valence electrons. The number of nitrogens with one attached hydrogen (secondary N) is 3. The number of rotatable bonds is 5. The number of hydrogen-bond acceptors (Lipinski definition) is 3. The van der Waals surface area contributed by atoms with Gasteiger partial charge in [-0.1, -0.05) is 49.2 Å². The van der Waals surface area contributed by atoms with Gasteiger partial charge in [0, 0.05) is 16.1 Å². The highest BCUT2D eigenvalue weighted by molar-refractivity contribution is 6.30. The van der Waals surface area contributed by atoms with E-state index in [4.69, 9.17) is 11.6 Å². The highest BCUT2D eigenvalue weighted by Crippen LogP contribution is 2.10. The number of carbonyl (C=O) groups excluding carboxylic acids is 3. The predicted molar refractivity (Wildman–Crippen MR) is 104 cm³/mol. The summed E-state index contributed by atoms with van der Waals surface area (Å²) in [6.45, 7) is 5.49. The van der Waals surface area contributed by atoms with Crippen LogP contribution in [0.4, 0.5) is 0 Å². The summed E-state index contributed by atoms with van der Waals surface area (Å²) in [5.74, 6) is -1.55. The molecule has 6 nitrogen and oxygen atoms in total. The first-order valence-corrected chi connectivity index (χ1v) is 8.89. The normalized spacial score (nSPS) is 11.6. The van der Waals surface area contributed by atoms with Crippen LogP contribution in [0.5, 0.6) is 0 Å². The van der Waals surface area contributed by atoms with Crippen molar-refractivity contribution in [1.29, 1.82) is 0 Å². The second-order valence-corrected chi connectivity index (χ2v) is 6.95. The zero-order valence-corrected chi connectivity index (χ0v) is 16.1. The molecule has 0 unspecified atom stereocenters. The van der Waals surface area contributed by atoms with Gasteiger partial charge in [-0.25, -0.2) is 0 Å². The number of benzene rings is 2. The van der Waals surface area contributed by atoms with Crippen LogP contribution in [0, 0.1) is 12.8 Å². The topological polar surface area (TPSA) is 87.3 Å². The van der Waals surface area contributed by atoms with Gasteiger partial charge in [-0.2, -0.15) is 0 Å². The first kappa shape index (κ1) is 20.5. The number of carbonyl (C=O) groups is 3. The van der Waals surface area contributed by atoms with Crippen LogP contribution in [-0.4, -0.2) is 23.8 Å². The molecule has 2 rings (SSSR count). The van der Waals surface area contributed by atoms with Gasteiger partial charge in [0.2, 0.25) is 0 Å². The van der Waals surface area contributed by atoms with Crippen LogP contribution < -0.4 is 16.2 Å². The smallest absolute Gasteiger partial charge is 0.269 e. The summed E-state index contributed by atoms with van der Waals surface area (Å²) in [5, 5.41) is 3.13. The Kier molecular flexibility index (Phi) is 6.96. The van der Waals surface area contributed by atoms with E-state index >= 15 is 0 Å². The molecule has 0 aliphatic carbocycles. The van der Waals surface area contributed by atoms with Gasteiger partial charge in [-0.3, -0.25) is 25.2 Å². The molecule has 2 aromatic rings. The SMILES string of the molecule is Cc1cccc(C(=O)N[C@@H](C(=O)NNC(=O)c2cccc(Cl)c2)C(C)C)c1. The number of aryl methyl sites for hydroxylation is 1. The molecule has 3 amide bonds. The summed E-state index contributed by atoms with van der Waals surface area (Å²) in [6.07, 6.45) is 0. The van der Waals surface area contributed by atoms with E-state index in [2.05, 4.69) is 16.2 Å². The van der Waals surface area contributed by atoms with E-state index in [9.17, 15) is 14.4 Å². The van der Waals surface area contributed by atoms with Gasteiger partial charge in [0.1, 0.15) is 6.04 Å². The maximum Gasteiger partial charge on any atom is 0.269 e. The van der Waals surface area contributed by atoms with E-state index in [-0.39, 0.29) is 11.8 Å². The molecule has 27 heavy (non-hydrogen) atoms. The van der Waals surface area contributed by atoms with Crippen LogP contribution in [-0.2, 0) is 4.79 Å². The number of hydrogen-bond donors (Lipinski definition) is 3. The number of amides is 3. The Labute approximate surface area is 163 Å². The molecule has 0 radical (unpaired) electrons. The Morgan fingerprint density at radius 3 is 2.11 bits per heavy atom. The molecule has 2 aromatic carbocycles. The van der Waals surface area contributed by atoms with Gasteiger partial charge < -0.3 is 5.32 Å². The molecule has 0 aromatic heterocycles. The fourth-order valence-electron chi connectivity index (χ4n) is 2.44. The Morgan fingerprint density at radius 1 is 0.889 bits per heavy atom. The van der Waals surface area contributed by atoms with Crippen molar-refractivity contribution in [1.82, 2.24) is 16.2 Å². The van der Waals surface area contributed by atoms with Crippen LogP contribution in [0.15, 0.2) is 48.5 Å².